The van der Waals surface area contributed by atoms with Crippen LogP contribution in [0.5, 0.6) is 0 Å². The molecule has 3 aromatic heterocycles. The van der Waals surface area contributed by atoms with Gasteiger partial charge in [-0.1, -0.05) is 6.92 Å². The van der Waals surface area contributed by atoms with E-state index >= 15 is 0 Å². The molecule has 0 aliphatic rings. The molecule has 3 heterocycles. The molecule has 0 saturated carbocycles. The Bertz CT molecular complexity index is 675. The lowest BCUT2D eigenvalue weighted by Crippen LogP contribution is -2.12. The first-order chi connectivity index (χ1) is 9.24. The summed E-state index contributed by atoms with van der Waals surface area (Å²) in [6.45, 7) is 2.87. The third kappa shape index (κ3) is 2.37. The van der Waals surface area contributed by atoms with Gasteiger partial charge in [-0.05, 0) is 0 Å². The zero-order valence-corrected chi connectivity index (χ0v) is 11.3. The van der Waals surface area contributed by atoms with Gasteiger partial charge in [-0.15, -0.1) is 11.3 Å². The number of rotatable bonds is 4. The van der Waals surface area contributed by atoms with Crippen molar-refractivity contribution in [3.63, 3.8) is 0 Å². The van der Waals surface area contributed by atoms with Gasteiger partial charge in [0.2, 0.25) is 0 Å². The van der Waals surface area contributed by atoms with Crippen LogP contribution in [0.15, 0.2) is 30.2 Å². The second-order valence-corrected chi connectivity index (χ2v) is 5.25. The minimum Gasteiger partial charge on any atom is -0.382 e. The lowest BCUT2D eigenvalue weighted by molar-refractivity contribution is 0.792. The highest BCUT2D eigenvalue weighted by molar-refractivity contribution is 7.09. The number of anilines is 2. The molecule has 0 fully saturated rings. The van der Waals surface area contributed by atoms with Crippen LogP contribution < -0.4 is 11.1 Å². The van der Waals surface area contributed by atoms with Crippen LogP contribution in [0.4, 0.5) is 11.6 Å². The lowest BCUT2D eigenvalue weighted by atomic mass is 10.2. The first-order valence-corrected chi connectivity index (χ1v) is 6.84. The Hall–Kier alpha value is -2.15. The van der Waals surface area contributed by atoms with E-state index in [-0.39, 0.29) is 0 Å². The van der Waals surface area contributed by atoms with E-state index in [1.54, 1.807) is 23.7 Å². The van der Waals surface area contributed by atoms with Crippen LogP contribution in [-0.2, 0) is 0 Å². The van der Waals surface area contributed by atoms with E-state index in [2.05, 4.69) is 27.2 Å². The number of hydrogen-bond acceptors (Lipinski definition) is 6. The molecular weight excluding hydrogens is 260 g/mol. The minimum atomic E-state index is 0.318. The third-order valence-electron chi connectivity index (χ3n) is 2.84. The van der Waals surface area contributed by atoms with Crippen LogP contribution >= 0.6 is 11.3 Å². The summed E-state index contributed by atoms with van der Waals surface area (Å²) in [5.41, 5.74) is 6.55. The van der Waals surface area contributed by atoms with Gasteiger partial charge >= 0.3 is 0 Å². The summed E-state index contributed by atoms with van der Waals surface area (Å²) in [5.74, 6) is 1.49. The predicted octanol–water partition coefficient (Wildman–Crippen LogP) is 1.98. The molecule has 0 aliphatic carbocycles. The normalized spacial score (nSPS) is 12.7. The SMILES string of the molecule is CC(CNc1nc(N)cn2ccnc12)c1nccs1. The van der Waals surface area contributed by atoms with Crippen molar-refractivity contribution in [1.82, 2.24) is 19.4 Å². The third-order valence-corrected chi connectivity index (χ3v) is 3.85. The summed E-state index contributed by atoms with van der Waals surface area (Å²) in [4.78, 5) is 12.9. The van der Waals surface area contributed by atoms with Crippen LogP contribution in [-0.4, -0.2) is 25.9 Å². The van der Waals surface area contributed by atoms with Crippen molar-refractivity contribution in [3.8, 4) is 0 Å². The zero-order valence-electron chi connectivity index (χ0n) is 10.4. The fraction of sp³-hybridized carbons (Fsp3) is 0.250. The summed E-state index contributed by atoms with van der Waals surface area (Å²) in [6.07, 6.45) is 7.15. The van der Waals surface area contributed by atoms with Gasteiger partial charge in [0, 0.05) is 36.4 Å². The number of aromatic nitrogens is 4. The zero-order chi connectivity index (χ0) is 13.2. The number of hydrogen-bond donors (Lipinski definition) is 2. The average Bonchev–Trinajstić information content (AvgIpc) is 3.05. The maximum atomic E-state index is 5.77. The standard InChI is InChI=1S/C12H14N6S/c1-8(12-15-3-5-19-12)6-16-10-11-14-2-4-18(11)7-9(13)17-10/h2-5,7-8H,6,13H2,1H3,(H,16,17). The van der Waals surface area contributed by atoms with Crippen LogP contribution in [0.1, 0.15) is 17.8 Å². The first-order valence-electron chi connectivity index (χ1n) is 5.96. The van der Waals surface area contributed by atoms with Gasteiger partial charge in [0.15, 0.2) is 11.5 Å². The molecule has 0 radical (unpaired) electrons. The Morgan fingerprint density at radius 1 is 1.42 bits per heavy atom. The quantitative estimate of drug-likeness (QED) is 0.760. The molecule has 0 spiro atoms. The first kappa shape index (κ1) is 11.9. The molecule has 1 unspecified atom stereocenters. The molecule has 0 aliphatic heterocycles. The fourth-order valence-electron chi connectivity index (χ4n) is 1.88. The molecule has 1 atom stereocenters. The maximum absolute atomic E-state index is 5.77. The number of nitrogens with one attached hydrogen (secondary N) is 1. The highest BCUT2D eigenvalue weighted by atomic mass is 32.1. The summed E-state index contributed by atoms with van der Waals surface area (Å²) in [7, 11) is 0. The van der Waals surface area contributed by atoms with Crippen molar-refractivity contribution in [2.45, 2.75) is 12.8 Å². The molecule has 3 aromatic rings. The average molecular weight is 274 g/mol. The summed E-state index contributed by atoms with van der Waals surface area (Å²) < 4.78 is 1.86. The van der Waals surface area contributed by atoms with Gasteiger partial charge in [-0.25, -0.2) is 15.0 Å². The van der Waals surface area contributed by atoms with Crippen LogP contribution in [0.2, 0.25) is 0 Å². The Morgan fingerprint density at radius 3 is 3.11 bits per heavy atom. The number of fused-ring (bicyclic) bond motifs is 1. The molecular formula is C12H14N6S. The Morgan fingerprint density at radius 2 is 2.32 bits per heavy atom. The van der Waals surface area contributed by atoms with Gasteiger partial charge in [-0.2, -0.15) is 0 Å². The predicted molar refractivity (Wildman–Crippen MR) is 76.4 cm³/mol. The molecule has 0 aromatic carbocycles. The minimum absolute atomic E-state index is 0.318. The lowest BCUT2D eigenvalue weighted by Gasteiger charge is -2.11. The van der Waals surface area contributed by atoms with E-state index in [0.29, 0.717) is 17.6 Å². The summed E-state index contributed by atoms with van der Waals surface area (Å²) >= 11 is 1.66. The largest absolute Gasteiger partial charge is 0.382 e. The Balaban J connectivity index is 1.80. The van der Waals surface area contributed by atoms with E-state index in [9.17, 15) is 0 Å². The molecule has 0 saturated heterocycles. The molecule has 3 rings (SSSR count). The van der Waals surface area contributed by atoms with Crippen molar-refractivity contribution in [2.75, 3.05) is 17.6 Å². The second kappa shape index (κ2) is 4.85. The van der Waals surface area contributed by atoms with Gasteiger partial charge in [-0.3, -0.25) is 0 Å². The fourth-order valence-corrected chi connectivity index (χ4v) is 2.58. The molecule has 0 amide bonds. The van der Waals surface area contributed by atoms with E-state index < -0.39 is 0 Å². The van der Waals surface area contributed by atoms with Gasteiger partial charge in [0.05, 0.1) is 11.2 Å². The monoisotopic (exact) mass is 274 g/mol. The van der Waals surface area contributed by atoms with Gasteiger partial charge in [0.25, 0.3) is 0 Å². The Labute approximate surface area is 114 Å². The molecule has 7 heteroatoms. The van der Waals surface area contributed by atoms with E-state index in [1.807, 2.05) is 22.2 Å². The van der Waals surface area contributed by atoms with E-state index in [4.69, 9.17) is 5.73 Å². The van der Waals surface area contributed by atoms with Gasteiger partial charge in [0.1, 0.15) is 5.82 Å². The van der Waals surface area contributed by atoms with Crippen molar-refractivity contribution in [3.05, 3.63) is 35.2 Å². The van der Waals surface area contributed by atoms with Crippen LogP contribution in [0, 0.1) is 0 Å². The van der Waals surface area contributed by atoms with Crippen molar-refractivity contribution in [1.29, 1.82) is 0 Å². The van der Waals surface area contributed by atoms with E-state index in [0.717, 1.165) is 17.2 Å². The second-order valence-electron chi connectivity index (χ2n) is 4.32. The molecule has 6 nitrogen and oxygen atoms in total. The van der Waals surface area contributed by atoms with Gasteiger partial charge < -0.3 is 15.5 Å². The van der Waals surface area contributed by atoms with Crippen molar-refractivity contribution >= 4 is 28.6 Å². The summed E-state index contributed by atoms with van der Waals surface area (Å²) in [6, 6.07) is 0. The van der Waals surface area contributed by atoms with E-state index in [1.165, 1.54) is 0 Å². The maximum Gasteiger partial charge on any atom is 0.180 e. The number of thiazole rings is 1. The smallest absolute Gasteiger partial charge is 0.180 e. The highest BCUT2D eigenvalue weighted by Crippen LogP contribution is 2.20. The Kier molecular flexibility index (Phi) is 3.04. The topological polar surface area (TPSA) is 81.1 Å². The number of nitrogens with two attached hydrogens (primary N) is 1. The van der Waals surface area contributed by atoms with Crippen LogP contribution in [0.25, 0.3) is 5.65 Å². The molecule has 0 bridgehead atoms. The molecule has 3 N–H and O–H groups in total. The van der Waals surface area contributed by atoms with Crippen molar-refractivity contribution in [2.24, 2.45) is 0 Å². The molecule has 98 valence electrons. The van der Waals surface area contributed by atoms with Crippen LogP contribution in [0.3, 0.4) is 0 Å². The molecule has 19 heavy (non-hydrogen) atoms. The number of imidazole rings is 1. The highest BCUT2D eigenvalue weighted by Gasteiger charge is 2.11. The van der Waals surface area contributed by atoms with Crippen molar-refractivity contribution < 1.29 is 0 Å². The number of nitrogen functional groups attached to an aromatic ring is 1. The number of nitrogens with zero attached hydrogens (tertiary/aromatic N) is 4. The summed E-state index contributed by atoms with van der Waals surface area (Å²) in [5, 5.41) is 6.39.